The van der Waals surface area contributed by atoms with Gasteiger partial charge >= 0.3 is 11.9 Å². The Kier molecular flexibility index (Phi) is 14.3. The van der Waals surface area contributed by atoms with Crippen molar-refractivity contribution in [1.82, 2.24) is 0 Å². The summed E-state index contributed by atoms with van der Waals surface area (Å²) in [6.07, 6.45) is -19.1. The standard InChI is InChI=1S/C48H76O20/c1-43(2)13-15-48(16-14-45(4)21(22(48)17-43)7-8-26-44(3)11-10-28(51)47(6,41(60)61)27(44)9-12-46(26,45)5)42(62)68-40-36(59)37(67-39-35(58)33(56)30(53)24(19-50)65-39)31(54)25(66-40)20-63-38-34(57)32(55)29(52)23(18-49)64-38/h7,22-40,49-59H,8-20H2,1-6H3,(H,60,61)/t22-,23+,24+,25+,26-,27-,28+,29+,30+,31-,32-,33-,34+,35+,36+,37-,38+,39-,40-,44-,45-,46-,47+,48+/m1/s1. The molecule has 8 rings (SSSR count). The van der Waals surface area contributed by atoms with Gasteiger partial charge in [-0.1, -0.05) is 46.3 Å². The zero-order valence-electron chi connectivity index (χ0n) is 39.9. The van der Waals surface area contributed by atoms with E-state index in [2.05, 4.69) is 40.7 Å². The maximum absolute atomic E-state index is 15.3. The lowest BCUT2D eigenvalue weighted by molar-refractivity contribution is -0.363. The normalized spacial score (nSPS) is 53.4. The number of carboxylic acid groups (broad SMARTS) is 1. The van der Waals surface area contributed by atoms with Crippen molar-refractivity contribution in [2.45, 2.75) is 204 Å². The summed E-state index contributed by atoms with van der Waals surface area (Å²) >= 11 is 0. The molecule has 3 saturated heterocycles. The van der Waals surface area contributed by atoms with E-state index >= 15 is 4.79 Å². The average molecular weight is 973 g/mol. The minimum atomic E-state index is -1.98. The van der Waals surface area contributed by atoms with Crippen LogP contribution in [0, 0.1) is 50.2 Å². The van der Waals surface area contributed by atoms with Crippen LogP contribution in [0.25, 0.3) is 0 Å². The number of carboxylic acids is 1. The smallest absolute Gasteiger partial charge is 0.315 e. The third-order valence-electron chi connectivity index (χ3n) is 19.4. The number of aliphatic hydroxyl groups is 11. The zero-order chi connectivity index (χ0) is 49.8. The molecule has 3 heterocycles. The minimum absolute atomic E-state index is 0.102. The van der Waals surface area contributed by atoms with E-state index in [0.717, 1.165) is 12.0 Å². The van der Waals surface area contributed by atoms with E-state index in [-0.39, 0.29) is 34.0 Å². The summed E-state index contributed by atoms with van der Waals surface area (Å²) in [4.78, 5) is 28.2. The van der Waals surface area contributed by atoms with Crippen molar-refractivity contribution in [1.29, 1.82) is 0 Å². The van der Waals surface area contributed by atoms with Crippen LogP contribution >= 0.6 is 0 Å². The predicted molar refractivity (Wildman–Crippen MR) is 232 cm³/mol. The highest BCUT2D eigenvalue weighted by Gasteiger charge is 2.71. The van der Waals surface area contributed by atoms with Crippen molar-refractivity contribution in [3.05, 3.63) is 11.6 Å². The zero-order valence-corrected chi connectivity index (χ0v) is 39.9. The first-order valence-electron chi connectivity index (χ1n) is 24.5. The number of ether oxygens (including phenoxy) is 6. The summed E-state index contributed by atoms with van der Waals surface area (Å²) in [7, 11) is 0. The topological polar surface area (TPSA) is 332 Å². The quantitative estimate of drug-likeness (QED) is 0.0942. The second-order valence-electron chi connectivity index (χ2n) is 23.3. The summed E-state index contributed by atoms with van der Waals surface area (Å²) in [5.74, 6) is -2.09. The molecule has 7 fully saturated rings. The number of hydrogen-bond donors (Lipinski definition) is 12. The molecule has 0 spiro atoms. The molecule has 0 aromatic rings. The predicted octanol–water partition coefficient (Wildman–Crippen LogP) is -0.795. The minimum Gasteiger partial charge on any atom is -0.481 e. The maximum Gasteiger partial charge on any atom is 0.315 e. The van der Waals surface area contributed by atoms with Gasteiger partial charge in [0, 0.05) is 0 Å². The highest BCUT2D eigenvalue weighted by atomic mass is 16.8. The first-order valence-corrected chi connectivity index (χ1v) is 24.5. The van der Waals surface area contributed by atoms with E-state index in [1.54, 1.807) is 6.92 Å². The Morgan fingerprint density at radius 1 is 0.647 bits per heavy atom. The van der Waals surface area contributed by atoms with Gasteiger partial charge in [-0.3, -0.25) is 9.59 Å². The molecule has 12 N–H and O–H groups in total. The average Bonchev–Trinajstić information content (AvgIpc) is 3.29. The fourth-order valence-electron chi connectivity index (χ4n) is 14.8. The first-order chi connectivity index (χ1) is 31.8. The van der Waals surface area contributed by atoms with Gasteiger partial charge < -0.3 is 89.7 Å². The number of hydrogen-bond acceptors (Lipinski definition) is 19. The molecule has 68 heavy (non-hydrogen) atoms. The third kappa shape index (κ3) is 8.03. The van der Waals surface area contributed by atoms with E-state index in [1.165, 1.54) is 0 Å². The SMILES string of the molecule is CC1(C)CC[C@]2(C(=O)O[C@H]3O[C@@H](CO[C@H]4O[C@@H](CO)[C@H](O)[C@@H](O)[C@@H]4O)[C@@H](O)[C@@H](O[C@H]4O[C@@H](CO)[C@H](O)[C@@H](O)[C@@H]4O)[C@@H]3O)CC[C@]3(C)C(=CC[C@@H]4[C@@]5(C)CC[C@H](O)[C@@](C)(C(=O)O)[C@@H]5CC[C@]43C)[C@H]2C1. The van der Waals surface area contributed by atoms with E-state index in [4.69, 9.17) is 28.4 Å². The van der Waals surface area contributed by atoms with Crippen LogP contribution in [0.1, 0.15) is 106 Å². The molecule has 20 heteroatoms. The monoisotopic (exact) mass is 972 g/mol. The van der Waals surface area contributed by atoms with Gasteiger partial charge in [0.25, 0.3) is 0 Å². The Morgan fingerprint density at radius 3 is 1.85 bits per heavy atom. The summed E-state index contributed by atoms with van der Waals surface area (Å²) in [6, 6.07) is 0. The van der Waals surface area contributed by atoms with Crippen molar-refractivity contribution < 1.29 is 99.3 Å². The van der Waals surface area contributed by atoms with Crippen LogP contribution in [0.15, 0.2) is 11.6 Å². The van der Waals surface area contributed by atoms with Crippen molar-refractivity contribution in [3.63, 3.8) is 0 Å². The van der Waals surface area contributed by atoms with Crippen LogP contribution < -0.4 is 0 Å². The second-order valence-corrected chi connectivity index (χ2v) is 23.3. The van der Waals surface area contributed by atoms with Gasteiger partial charge in [-0.15, -0.1) is 0 Å². The third-order valence-corrected chi connectivity index (χ3v) is 19.4. The number of esters is 1. The van der Waals surface area contributed by atoms with Crippen molar-refractivity contribution in [2.24, 2.45) is 50.2 Å². The summed E-state index contributed by atoms with van der Waals surface area (Å²) < 4.78 is 35.0. The maximum atomic E-state index is 15.3. The van der Waals surface area contributed by atoms with Gasteiger partial charge in [-0.2, -0.15) is 0 Å². The van der Waals surface area contributed by atoms with E-state index in [0.29, 0.717) is 57.8 Å². The number of aliphatic carboxylic acids is 1. The van der Waals surface area contributed by atoms with Gasteiger partial charge in [0.1, 0.15) is 73.2 Å². The van der Waals surface area contributed by atoms with Crippen LogP contribution in [0.4, 0.5) is 0 Å². The molecule has 24 atom stereocenters. The molecule has 4 saturated carbocycles. The Morgan fingerprint density at radius 2 is 1.24 bits per heavy atom. The lowest BCUT2D eigenvalue weighted by atomic mass is 9.33. The summed E-state index contributed by atoms with van der Waals surface area (Å²) in [5, 5.41) is 128. The Balaban J connectivity index is 1.09. The molecule has 0 unspecified atom stereocenters. The fraction of sp³-hybridized carbons (Fsp3) is 0.917. The van der Waals surface area contributed by atoms with Crippen LogP contribution in [0.5, 0.6) is 0 Å². The van der Waals surface area contributed by atoms with Crippen molar-refractivity contribution >= 4 is 11.9 Å². The molecular formula is C48H76O20. The van der Waals surface area contributed by atoms with Crippen LogP contribution in [-0.4, -0.2) is 191 Å². The summed E-state index contributed by atoms with van der Waals surface area (Å²) in [6.45, 7) is 10.6. The lowest BCUT2D eigenvalue weighted by Gasteiger charge is -2.71. The largest absolute Gasteiger partial charge is 0.481 e. The van der Waals surface area contributed by atoms with Crippen molar-refractivity contribution in [2.75, 3.05) is 19.8 Å². The summed E-state index contributed by atoms with van der Waals surface area (Å²) in [5.41, 5.74) is -2.48. The van der Waals surface area contributed by atoms with E-state index in [1.807, 2.05) is 0 Å². The Labute approximate surface area is 396 Å². The van der Waals surface area contributed by atoms with Crippen LogP contribution in [0.2, 0.25) is 0 Å². The van der Waals surface area contributed by atoms with Gasteiger partial charge in [0.15, 0.2) is 12.6 Å². The van der Waals surface area contributed by atoms with E-state index < -0.39 is 146 Å². The molecule has 0 radical (unpaired) electrons. The van der Waals surface area contributed by atoms with Gasteiger partial charge in [0.05, 0.1) is 36.8 Å². The highest BCUT2D eigenvalue weighted by Crippen LogP contribution is 2.76. The van der Waals surface area contributed by atoms with E-state index in [9.17, 15) is 66.1 Å². The Bertz CT molecular complexity index is 1900. The number of rotatable bonds is 10. The first kappa shape index (κ1) is 52.4. The number of carbonyl (C=O) groups is 2. The number of fused-ring (bicyclic) bond motifs is 7. The van der Waals surface area contributed by atoms with Gasteiger partial charge in [-0.25, -0.2) is 0 Å². The molecule has 0 aromatic carbocycles. The second kappa shape index (κ2) is 18.5. The molecule has 5 aliphatic carbocycles. The molecule has 388 valence electrons. The fourth-order valence-corrected chi connectivity index (χ4v) is 14.8. The number of aliphatic hydroxyl groups excluding tert-OH is 11. The molecule has 3 aliphatic heterocycles. The molecule has 0 bridgehead atoms. The van der Waals surface area contributed by atoms with Crippen molar-refractivity contribution in [3.8, 4) is 0 Å². The Hall–Kier alpha value is -1.96. The molecule has 8 aliphatic rings. The number of carbonyl (C=O) groups excluding carboxylic acids is 1. The van der Waals surface area contributed by atoms with Crippen LogP contribution in [-0.2, 0) is 38.0 Å². The van der Waals surface area contributed by atoms with Crippen LogP contribution in [0.3, 0.4) is 0 Å². The highest BCUT2D eigenvalue weighted by molar-refractivity contribution is 5.79. The lowest BCUT2D eigenvalue weighted by Crippen LogP contribution is -2.67. The molecular weight excluding hydrogens is 897 g/mol. The molecule has 0 aromatic heterocycles. The molecule has 20 nitrogen and oxygen atoms in total. The van der Waals surface area contributed by atoms with Gasteiger partial charge in [0.2, 0.25) is 6.29 Å². The molecule has 0 amide bonds. The van der Waals surface area contributed by atoms with Gasteiger partial charge in [-0.05, 0) is 111 Å². The number of allylic oxidation sites excluding steroid dienone is 2.